The fraction of sp³-hybridized carbons (Fsp3) is 0.409. The maximum Gasteiger partial charge on any atom is 0.227 e. The van der Waals surface area contributed by atoms with Crippen LogP contribution in [0.1, 0.15) is 17.5 Å². The standard InChI is InChI=1S/C22H27FN2O3S/c1-18-3-5-19(6-4-18)17-22(26)25-14-12-24(13-15-25)11-2-16-29(27,28)21-9-7-20(23)8-10-21/h3-10H,2,11-17H2,1H3. The summed E-state index contributed by atoms with van der Waals surface area (Å²) in [6.07, 6.45) is 0.924. The van der Waals surface area contributed by atoms with Crippen molar-refractivity contribution < 1.29 is 17.6 Å². The number of nitrogens with zero attached hydrogens (tertiary/aromatic N) is 2. The summed E-state index contributed by atoms with van der Waals surface area (Å²) < 4.78 is 37.6. The van der Waals surface area contributed by atoms with Crippen molar-refractivity contribution in [3.05, 3.63) is 65.5 Å². The van der Waals surface area contributed by atoms with Crippen molar-refractivity contribution in [2.75, 3.05) is 38.5 Å². The summed E-state index contributed by atoms with van der Waals surface area (Å²) in [7, 11) is -3.40. The molecule has 0 aromatic heterocycles. The molecule has 5 nitrogen and oxygen atoms in total. The lowest BCUT2D eigenvalue weighted by atomic mass is 10.1. The maximum absolute atomic E-state index is 13.0. The van der Waals surface area contributed by atoms with Gasteiger partial charge < -0.3 is 4.90 Å². The second kappa shape index (κ2) is 9.50. The van der Waals surface area contributed by atoms with Crippen molar-refractivity contribution in [3.8, 4) is 0 Å². The second-order valence-corrected chi connectivity index (χ2v) is 9.62. The van der Waals surface area contributed by atoms with E-state index in [1.165, 1.54) is 29.8 Å². The molecule has 1 saturated heterocycles. The molecule has 0 radical (unpaired) electrons. The van der Waals surface area contributed by atoms with E-state index < -0.39 is 15.7 Å². The molecule has 3 rings (SSSR count). The van der Waals surface area contributed by atoms with Gasteiger partial charge in [-0.2, -0.15) is 0 Å². The Morgan fingerprint density at radius 1 is 0.966 bits per heavy atom. The maximum atomic E-state index is 13.0. The molecule has 0 spiro atoms. The number of hydrogen-bond donors (Lipinski definition) is 0. The summed E-state index contributed by atoms with van der Waals surface area (Å²) in [6.45, 7) is 5.51. The first-order valence-electron chi connectivity index (χ1n) is 9.87. The Kier molecular flexibility index (Phi) is 7.03. The topological polar surface area (TPSA) is 57.7 Å². The molecule has 0 atom stereocenters. The number of amides is 1. The van der Waals surface area contributed by atoms with Gasteiger partial charge in [0.1, 0.15) is 5.82 Å². The van der Waals surface area contributed by atoms with E-state index in [2.05, 4.69) is 4.90 Å². The lowest BCUT2D eigenvalue weighted by Gasteiger charge is -2.34. The van der Waals surface area contributed by atoms with E-state index in [9.17, 15) is 17.6 Å². The van der Waals surface area contributed by atoms with Crippen LogP contribution in [0, 0.1) is 12.7 Å². The number of carbonyl (C=O) groups excluding carboxylic acids is 1. The van der Waals surface area contributed by atoms with E-state index >= 15 is 0 Å². The molecule has 1 aliphatic heterocycles. The average molecular weight is 419 g/mol. The zero-order valence-corrected chi connectivity index (χ0v) is 17.5. The van der Waals surface area contributed by atoms with Crippen LogP contribution in [0.5, 0.6) is 0 Å². The molecule has 2 aromatic carbocycles. The minimum atomic E-state index is -3.40. The van der Waals surface area contributed by atoms with Crippen LogP contribution in [0.15, 0.2) is 53.4 Å². The summed E-state index contributed by atoms with van der Waals surface area (Å²) in [6, 6.07) is 13.0. The minimum Gasteiger partial charge on any atom is -0.340 e. The predicted octanol–water partition coefficient (Wildman–Crippen LogP) is 2.68. The van der Waals surface area contributed by atoms with Crippen LogP contribution in [0.4, 0.5) is 4.39 Å². The zero-order chi connectivity index (χ0) is 20.9. The second-order valence-electron chi connectivity index (χ2n) is 7.51. The van der Waals surface area contributed by atoms with E-state index in [4.69, 9.17) is 0 Å². The molecular formula is C22H27FN2O3S. The largest absolute Gasteiger partial charge is 0.340 e. The normalized spacial score (nSPS) is 15.4. The fourth-order valence-corrected chi connectivity index (χ4v) is 4.75. The third-order valence-corrected chi connectivity index (χ3v) is 7.08. The molecule has 0 unspecified atom stereocenters. The molecule has 2 aromatic rings. The van der Waals surface area contributed by atoms with E-state index in [0.717, 1.165) is 18.7 Å². The Labute approximate surface area is 172 Å². The molecule has 0 aliphatic carbocycles. The van der Waals surface area contributed by atoms with Gasteiger partial charge in [-0.05, 0) is 49.7 Å². The molecule has 0 N–H and O–H groups in total. The highest BCUT2D eigenvalue weighted by Crippen LogP contribution is 2.14. The fourth-order valence-electron chi connectivity index (χ4n) is 3.45. The van der Waals surface area contributed by atoms with Crippen LogP contribution in [-0.4, -0.2) is 62.6 Å². The molecule has 156 valence electrons. The van der Waals surface area contributed by atoms with Crippen LogP contribution in [0.25, 0.3) is 0 Å². The van der Waals surface area contributed by atoms with Crippen LogP contribution in [0.2, 0.25) is 0 Å². The van der Waals surface area contributed by atoms with Gasteiger partial charge in [0, 0.05) is 26.2 Å². The molecule has 0 saturated carbocycles. The molecule has 7 heteroatoms. The van der Waals surface area contributed by atoms with Crippen molar-refractivity contribution in [3.63, 3.8) is 0 Å². The van der Waals surface area contributed by atoms with Gasteiger partial charge >= 0.3 is 0 Å². The number of aryl methyl sites for hydroxylation is 1. The van der Waals surface area contributed by atoms with Gasteiger partial charge in [-0.3, -0.25) is 9.69 Å². The van der Waals surface area contributed by atoms with E-state index in [-0.39, 0.29) is 16.6 Å². The zero-order valence-electron chi connectivity index (χ0n) is 16.7. The summed E-state index contributed by atoms with van der Waals surface area (Å²) in [4.78, 5) is 16.7. The molecule has 29 heavy (non-hydrogen) atoms. The summed E-state index contributed by atoms with van der Waals surface area (Å²) in [5, 5.41) is 0. The summed E-state index contributed by atoms with van der Waals surface area (Å²) >= 11 is 0. The number of sulfone groups is 1. The third-order valence-electron chi connectivity index (χ3n) is 5.26. The summed E-state index contributed by atoms with van der Waals surface area (Å²) in [5.41, 5.74) is 2.20. The van der Waals surface area contributed by atoms with Crippen LogP contribution < -0.4 is 0 Å². The number of halogens is 1. The minimum absolute atomic E-state index is 0.0329. The first-order valence-corrected chi connectivity index (χ1v) is 11.5. The van der Waals surface area contributed by atoms with Gasteiger partial charge in [-0.25, -0.2) is 12.8 Å². The van der Waals surface area contributed by atoms with Crippen molar-refractivity contribution in [1.82, 2.24) is 9.80 Å². The quantitative estimate of drug-likeness (QED) is 0.649. The number of hydrogen-bond acceptors (Lipinski definition) is 4. The first-order chi connectivity index (χ1) is 13.8. The Bertz CT molecular complexity index is 920. The van der Waals surface area contributed by atoms with Crippen LogP contribution >= 0.6 is 0 Å². The van der Waals surface area contributed by atoms with Gasteiger partial charge in [-0.1, -0.05) is 29.8 Å². The highest BCUT2D eigenvalue weighted by molar-refractivity contribution is 7.91. The van der Waals surface area contributed by atoms with E-state index in [1.54, 1.807) is 0 Å². The third kappa shape index (κ3) is 6.11. The highest BCUT2D eigenvalue weighted by atomic mass is 32.2. The van der Waals surface area contributed by atoms with Gasteiger partial charge in [0.05, 0.1) is 17.1 Å². The Hall–Kier alpha value is -2.25. The predicted molar refractivity (Wildman–Crippen MR) is 111 cm³/mol. The number of benzene rings is 2. The first kappa shape index (κ1) is 21.5. The lowest BCUT2D eigenvalue weighted by Crippen LogP contribution is -2.49. The number of carbonyl (C=O) groups is 1. The van der Waals surface area contributed by atoms with Crippen molar-refractivity contribution in [1.29, 1.82) is 0 Å². The molecule has 0 bridgehead atoms. The Morgan fingerprint density at radius 2 is 1.59 bits per heavy atom. The Morgan fingerprint density at radius 3 is 2.21 bits per heavy atom. The van der Waals surface area contributed by atoms with Gasteiger partial charge in [-0.15, -0.1) is 0 Å². The van der Waals surface area contributed by atoms with Gasteiger partial charge in [0.2, 0.25) is 5.91 Å². The lowest BCUT2D eigenvalue weighted by molar-refractivity contribution is -0.132. The molecule has 1 aliphatic rings. The monoisotopic (exact) mass is 418 g/mol. The van der Waals surface area contributed by atoms with Crippen molar-refractivity contribution >= 4 is 15.7 Å². The Balaban J connectivity index is 1.41. The number of rotatable bonds is 7. The van der Waals surface area contributed by atoms with E-state index in [0.29, 0.717) is 32.5 Å². The van der Waals surface area contributed by atoms with Crippen LogP contribution in [-0.2, 0) is 21.1 Å². The molecule has 1 amide bonds. The van der Waals surface area contributed by atoms with Gasteiger partial charge in [0.15, 0.2) is 9.84 Å². The SMILES string of the molecule is Cc1ccc(CC(=O)N2CCN(CCCS(=O)(=O)c3ccc(F)cc3)CC2)cc1. The smallest absolute Gasteiger partial charge is 0.227 e. The highest BCUT2D eigenvalue weighted by Gasteiger charge is 2.22. The molecular weight excluding hydrogens is 391 g/mol. The van der Waals surface area contributed by atoms with Crippen molar-refractivity contribution in [2.24, 2.45) is 0 Å². The average Bonchev–Trinajstić information content (AvgIpc) is 2.70. The summed E-state index contributed by atoms with van der Waals surface area (Å²) in [5.74, 6) is -0.281. The van der Waals surface area contributed by atoms with Gasteiger partial charge in [0.25, 0.3) is 0 Å². The van der Waals surface area contributed by atoms with Crippen LogP contribution in [0.3, 0.4) is 0 Å². The van der Waals surface area contributed by atoms with Crippen molar-refractivity contribution in [2.45, 2.75) is 24.7 Å². The molecule has 1 fully saturated rings. The number of piperazine rings is 1. The molecule has 1 heterocycles. The van der Waals surface area contributed by atoms with E-state index in [1.807, 2.05) is 36.1 Å².